The quantitative estimate of drug-likeness (QED) is 0.594. The largest absolute Gasteiger partial charge is 0.355 e. The lowest BCUT2D eigenvalue weighted by Crippen LogP contribution is -2.46. The van der Waals surface area contributed by atoms with Crippen LogP contribution in [-0.4, -0.2) is 53.9 Å². The third-order valence-electron chi connectivity index (χ3n) is 5.38. The zero-order valence-electron chi connectivity index (χ0n) is 16.8. The molecule has 156 valence electrons. The van der Waals surface area contributed by atoms with E-state index in [1.54, 1.807) is 25.3 Å². The Hall–Kier alpha value is -3.22. The number of amides is 1. The summed E-state index contributed by atoms with van der Waals surface area (Å²) in [6.07, 6.45) is 4.25. The van der Waals surface area contributed by atoms with Crippen LogP contribution < -0.4 is 15.8 Å². The van der Waals surface area contributed by atoms with Gasteiger partial charge in [0, 0.05) is 38.7 Å². The predicted molar refractivity (Wildman–Crippen MR) is 110 cm³/mol. The third kappa shape index (κ3) is 3.67. The molecule has 2 aromatic heterocycles. The number of hydrogen-bond donors (Lipinski definition) is 1. The van der Waals surface area contributed by atoms with Gasteiger partial charge < -0.3 is 19.7 Å². The van der Waals surface area contributed by atoms with Crippen molar-refractivity contribution in [2.45, 2.75) is 25.6 Å². The number of hydrogen-bond acceptors (Lipinski definition) is 7. The van der Waals surface area contributed by atoms with Gasteiger partial charge in [0.2, 0.25) is 0 Å². The van der Waals surface area contributed by atoms with E-state index in [-0.39, 0.29) is 16.7 Å². The molecule has 0 unspecified atom stereocenters. The van der Waals surface area contributed by atoms with Crippen molar-refractivity contribution in [3.63, 3.8) is 0 Å². The Morgan fingerprint density at radius 1 is 1.33 bits per heavy atom. The van der Waals surface area contributed by atoms with E-state index in [0.717, 1.165) is 0 Å². The van der Waals surface area contributed by atoms with Crippen molar-refractivity contribution in [3.05, 3.63) is 45.9 Å². The maximum absolute atomic E-state index is 13.2. The van der Waals surface area contributed by atoms with E-state index in [1.807, 2.05) is 17.0 Å². The van der Waals surface area contributed by atoms with Crippen molar-refractivity contribution in [3.8, 4) is 6.07 Å². The summed E-state index contributed by atoms with van der Waals surface area (Å²) in [5, 5.41) is 12.1. The zero-order valence-corrected chi connectivity index (χ0v) is 16.8. The Labute approximate surface area is 173 Å². The molecule has 1 amide bonds. The number of likely N-dealkylation sites (N-methyl/N-ethyl adjacent to an activating group) is 1. The number of nitrogens with one attached hydrogen (secondary N) is 1. The predicted octanol–water partition coefficient (Wildman–Crippen LogP) is 1.08. The maximum Gasteiger partial charge on any atom is 0.267 e. The van der Waals surface area contributed by atoms with E-state index in [4.69, 9.17) is 9.47 Å². The van der Waals surface area contributed by atoms with Crippen LogP contribution in [0.2, 0.25) is 0 Å². The van der Waals surface area contributed by atoms with Gasteiger partial charge >= 0.3 is 0 Å². The molecule has 30 heavy (non-hydrogen) atoms. The van der Waals surface area contributed by atoms with E-state index in [9.17, 15) is 14.9 Å². The average molecular weight is 409 g/mol. The van der Waals surface area contributed by atoms with Gasteiger partial charge in [0.05, 0.1) is 18.8 Å². The highest BCUT2D eigenvalue weighted by Crippen LogP contribution is 2.33. The Kier molecular flexibility index (Phi) is 5.53. The van der Waals surface area contributed by atoms with Crippen LogP contribution in [0.5, 0.6) is 0 Å². The fourth-order valence-electron chi connectivity index (χ4n) is 3.85. The molecule has 0 bridgehead atoms. The third-order valence-corrected chi connectivity index (χ3v) is 5.38. The summed E-state index contributed by atoms with van der Waals surface area (Å²) in [5.74, 6) is -0.623. The van der Waals surface area contributed by atoms with Crippen LogP contribution in [0.15, 0.2) is 34.8 Å². The number of nitriles is 1. The van der Waals surface area contributed by atoms with Gasteiger partial charge in [0.1, 0.15) is 23.1 Å². The number of aromatic nitrogens is 2. The van der Waals surface area contributed by atoms with Crippen LogP contribution >= 0.6 is 0 Å². The van der Waals surface area contributed by atoms with Crippen molar-refractivity contribution in [1.29, 1.82) is 5.26 Å². The number of nitrogens with zero attached hydrogens (tertiary/aromatic N) is 4. The highest BCUT2D eigenvalue weighted by molar-refractivity contribution is 6.02. The molecule has 0 radical (unpaired) electrons. The smallest absolute Gasteiger partial charge is 0.267 e. The Balaban J connectivity index is 1.78. The van der Waals surface area contributed by atoms with E-state index < -0.39 is 11.7 Å². The van der Waals surface area contributed by atoms with Crippen molar-refractivity contribution in [2.24, 2.45) is 0 Å². The highest BCUT2D eigenvalue weighted by atomic mass is 16.7. The molecule has 2 aromatic rings. The summed E-state index contributed by atoms with van der Waals surface area (Å²) in [5.41, 5.74) is 0.246. The molecule has 4 heterocycles. The normalized spacial score (nSPS) is 18.5. The molecule has 1 N–H and O–H groups in total. The first-order valence-corrected chi connectivity index (χ1v) is 10.0. The summed E-state index contributed by atoms with van der Waals surface area (Å²) in [6.45, 7) is 4.48. The summed E-state index contributed by atoms with van der Waals surface area (Å²) in [7, 11) is 0. The summed E-state index contributed by atoms with van der Waals surface area (Å²) in [4.78, 5) is 32.1. The second-order valence-electron chi connectivity index (χ2n) is 7.21. The van der Waals surface area contributed by atoms with Crippen LogP contribution in [0.25, 0.3) is 11.7 Å². The Morgan fingerprint density at radius 2 is 2.07 bits per heavy atom. The van der Waals surface area contributed by atoms with Crippen molar-refractivity contribution < 1.29 is 14.3 Å². The first kappa shape index (κ1) is 20.1. The fourth-order valence-corrected chi connectivity index (χ4v) is 3.85. The molecule has 9 heteroatoms. The average Bonchev–Trinajstić information content (AvgIpc) is 3.22. The first-order valence-electron chi connectivity index (χ1n) is 10.0. The second-order valence-corrected chi connectivity index (χ2v) is 7.21. The number of anilines is 1. The SMILES string of the molecule is CCNC(=O)/C(C#N)=C\c1c(N2CCC3(CC2)OCCO3)nc2ccccn2c1=O. The van der Waals surface area contributed by atoms with Gasteiger partial charge in [0.15, 0.2) is 5.79 Å². The molecule has 0 atom stereocenters. The van der Waals surface area contributed by atoms with E-state index in [0.29, 0.717) is 57.2 Å². The lowest BCUT2D eigenvalue weighted by atomic mass is 10.0. The van der Waals surface area contributed by atoms with Crippen molar-refractivity contribution in [2.75, 3.05) is 37.7 Å². The zero-order chi connectivity index (χ0) is 21.1. The standard InChI is InChI=1S/C21H23N5O4/c1-2-23-19(27)15(14-22)13-16-18(24-17-5-3-4-8-26(17)20(16)28)25-9-6-21(7-10-25)29-11-12-30-21/h3-5,8,13H,2,6-7,9-12H2,1H3,(H,23,27)/b15-13-. The molecule has 2 aliphatic rings. The summed E-state index contributed by atoms with van der Waals surface area (Å²) in [6, 6.07) is 7.19. The summed E-state index contributed by atoms with van der Waals surface area (Å²) >= 11 is 0. The van der Waals surface area contributed by atoms with Gasteiger partial charge in [-0.1, -0.05) is 6.07 Å². The van der Waals surface area contributed by atoms with Gasteiger partial charge in [-0.3, -0.25) is 14.0 Å². The van der Waals surface area contributed by atoms with Gasteiger partial charge in [-0.05, 0) is 25.1 Å². The van der Waals surface area contributed by atoms with Gasteiger partial charge in [-0.25, -0.2) is 4.98 Å². The number of carbonyl (C=O) groups is 1. The molecule has 9 nitrogen and oxygen atoms in total. The number of ether oxygens (including phenoxy) is 2. The molecular weight excluding hydrogens is 386 g/mol. The molecule has 1 spiro atoms. The van der Waals surface area contributed by atoms with E-state index in [2.05, 4.69) is 10.3 Å². The highest BCUT2D eigenvalue weighted by Gasteiger charge is 2.40. The van der Waals surface area contributed by atoms with Crippen LogP contribution in [0.3, 0.4) is 0 Å². The van der Waals surface area contributed by atoms with Crippen LogP contribution in [0.4, 0.5) is 5.82 Å². The van der Waals surface area contributed by atoms with E-state index >= 15 is 0 Å². The molecule has 2 saturated heterocycles. The van der Waals surface area contributed by atoms with Crippen LogP contribution in [0.1, 0.15) is 25.3 Å². The first-order chi connectivity index (χ1) is 14.6. The Morgan fingerprint density at radius 3 is 2.73 bits per heavy atom. The second kappa shape index (κ2) is 8.26. The molecule has 2 aliphatic heterocycles. The van der Waals surface area contributed by atoms with Crippen LogP contribution in [-0.2, 0) is 14.3 Å². The number of rotatable bonds is 4. The number of carbonyl (C=O) groups excluding carboxylic acids is 1. The molecule has 2 fully saturated rings. The number of pyridine rings is 1. The minimum Gasteiger partial charge on any atom is -0.355 e. The Bertz CT molecular complexity index is 1080. The maximum atomic E-state index is 13.2. The number of fused-ring (bicyclic) bond motifs is 1. The van der Waals surface area contributed by atoms with E-state index in [1.165, 1.54) is 10.5 Å². The molecular formula is C21H23N5O4. The van der Waals surface area contributed by atoms with Crippen molar-refractivity contribution in [1.82, 2.24) is 14.7 Å². The van der Waals surface area contributed by atoms with Crippen molar-refractivity contribution >= 4 is 23.4 Å². The lowest BCUT2D eigenvalue weighted by Gasteiger charge is -2.38. The topological polar surface area (TPSA) is 109 Å². The molecule has 0 aromatic carbocycles. The molecule has 0 saturated carbocycles. The summed E-state index contributed by atoms with van der Waals surface area (Å²) < 4.78 is 13.0. The molecule has 0 aliphatic carbocycles. The lowest BCUT2D eigenvalue weighted by molar-refractivity contribution is -0.169. The minimum absolute atomic E-state index is 0.135. The van der Waals surface area contributed by atoms with Gasteiger partial charge in [-0.15, -0.1) is 0 Å². The van der Waals surface area contributed by atoms with Gasteiger partial charge in [0.25, 0.3) is 11.5 Å². The van der Waals surface area contributed by atoms with Crippen LogP contribution in [0, 0.1) is 11.3 Å². The minimum atomic E-state index is -0.558. The van der Waals surface area contributed by atoms with Gasteiger partial charge in [-0.2, -0.15) is 5.26 Å². The number of piperidine rings is 1. The molecule has 4 rings (SSSR count). The monoisotopic (exact) mass is 409 g/mol. The fraction of sp³-hybridized carbons (Fsp3) is 0.429.